The van der Waals surface area contributed by atoms with Gasteiger partial charge in [0.1, 0.15) is 0 Å². The van der Waals surface area contributed by atoms with E-state index in [-0.39, 0.29) is 11.8 Å². The van der Waals surface area contributed by atoms with Crippen molar-refractivity contribution in [2.75, 3.05) is 20.8 Å². The Labute approximate surface area is 164 Å². The number of aryl methyl sites for hydroxylation is 1. The fraction of sp³-hybridized carbons (Fsp3) is 0.273. The number of hydrogen-bond donors (Lipinski definition) is 0. The fourth-order valence-corrected chi connectivity index (χ4v) is 3.82. The number of nitrogens with zero attached hydrogens (tertiary/aromatic N) is 3. The van der Waals surface area contributed by atoms with Crippen LogP contribution in [0.4, 0.5) is 0 Å². The molecule has 0 N–H and O–H groups in total. The number of hydrogen-bond acceptors (Lipinski definition) is 4. The van der Waals surface area contributed by atoms with E-state index < -0.39 is 0 Å². The first-order chi connectivity index (χ1) is 13.6. The molecule has 1 atom stereocenters. The van der Waals surface area contributed by atoms with E-state index in [2.05, 4.69) is 17.2 Å². The minimum Gasteiger partial charge on any atom is -0.493 e. The molecule has 0 radical (unpaired) electrons. The first-order valence-electron chi connectivity index (χ1n) is 9.18. The Morgan fingerprint density at radius 2 is 1.89 bits per heavy atom. The number of amides is 1. The van der Waals surface area contributed by atoms with E-state index in [1.165, 1.54) is 5.56 Å². The second-order valence-electron chi connectivity index (χ2n) is 6.95. The van der Waals surface area contributed by atoms with Crippen molar-refractivity contribution in [3.8, 4) is 11.5 Å². The molecule has 3 aromatic rings. The third-order valence-corrected chi connectivity index (χ3v) is 5.24. The van der Waals surface area contributed by atoms with Crippen LogP contribution in [0.25, 0.3) is 0 Å². The summed E-state index contributed by atoms with van der Waals surface area (Å²) in [5.41, 5.74) is 4.12. The smallest absolute Gasteiger partial charge is 0.254 e. The van der Waals surface area contributed by atoms with Gasteiger partial charge >= 0.3 is 0 Å². The summed E-state index contributed by atoms with van der Waals surface area (Å²) in [7, 11) is 5.06. The van der Waals surface area contributed by atoms with Crippen LogP contribution in [0.1, 0.15) is 33.0 Å². The van der Waals surface area contributed by atoms with Gasteiger partial charge in [0, 0.05) is 37.8 Å². The first kappa shape index (κ1) is 18.1. The second kappa shape index (κ2) is 7.38. The van der Waals surface area contributed by atoms with Crippen LogP contribution in [-0.2, 0) is 13.6 Å². The Hall–Kier alpha value is -3.28. The van der Waals surface area contributed by atoms with E-state index >= 15 is 0 Å². The van der Waals surface area contributed by atoms with Crippen LogP contribution in [-0.4, -0.2) is 41.4 Å². The first-order valence-corrected chi connectivity index (χ1v) is 9.18. The molecule has 1 unspecified atom stereocenters. The topological polar surface area (TPSA) is 56.6 Å². The number of ether oxygens (including phenoxy) is 2. The molecule has 1 aliphatic heterocycles. The number of benzene rings is 2. The third-order valence-electron chi connectivity index (χ3n) is 5.24. The van der Waals surface area contributed by atoms with Gasteiger partial charge in [-0.25, -0.2) is 0 Å². The van der Waals surface area contributed by atoms with Crippen LogP contribution in [0, 0.1) is 0 Å². The summed E-state index contributed by atoms with van der Waals surface area (Å²) in [5.74, 6) is 1.23. The number of carbonyl (C=O) groups is 1. The molecule has 1 aromatic heterocycles. The molecular weight excluding hydrogens is 354 g/mol. The highest BCUT2D eigenvalue weighted by Crippen LogP contribution is 2.35. The minimum absolute atomic E-state index is 0.0238. The maximum Gasteiger partial charge on any atom is 0.254 e. The zero-order chi connectivity index (χ0) is 19.7. The van der Waals surface area contributed by atoms with Gasteiger partial charge in [0.15, 0.2) is 11.5 Å². The maximum atomic E-state index is 13.3. The van der Waals surface area contributed by atoms with Crippen molar-refractivity contribution in [1.29, 1.82) is 0 Å². The molecule has 0 saturated heterocycles. The Bertz CT molecular complexity index is 1010. The quantitative estimate of drug-likeness (QED) is 0.701. The molecule has 0 bridgehead atoms. The van der Waals surface area contributed by atoms with Crippen molar-refractivity contribution in [1.82, 2.24) is 14.7 Å². The summed E-state index contributed by atoms with van der Waals surface area (Å²) in [6, 6.07) is 13.6. The molecule has 144 valence electrons. The molecule has 28 heavy (non-hydrogen) atoms. The SMILES string of the molecule is COc1ccc(C(=O)N2Cc3ccccc3C(c3cnn(C)c3)C2)cc1OC. The van der Waals surface area contributed by atoms with Crippen molar-refractivity contribution in [3.63, 3.8) is 0 Å². The molecule has 6 nitrogen and oxygen atoms in total. The van der Waals surface area contributed by atoms with Crippen molar-refractivity contribution in [2.24, 2.45) is 7.05 Å². The highest BCUT2D eigenvalue weighted by molar-refractivity contribution is 5.95. The van der Waals surface area contributed by atoms with Gasteiger partial charge in [-0.1, -0.05) is 24.3 Å². The lowest BCUT2D eigenvalue weighted by molar-refractivity contribution is 0.0724. The summed E-state index contributed by atoms with van der Waals surface area (Å²) in [4.78, 5) is 15.2. The van der Waals surface area contributed by atoms with Crippen LogP contribution in [0.5, 0.6) is 11.5 Å². The van der Waals surface area contributed by atoms with Gasteiger partial charge in [-0.05, 0) is 34.9 Å². The summed E-state index contributed by atoms with van der Waals surface area (Å²) < 4.78 is 12.4. The van der Waals surface area contributed by atoms with Gasteiger partial charge in [-0.15, -0.1) is 0 Å². The monoisotopic (exact) mass is 377 g/mol. The van der Waals surface area contributed by atoms with Gasteiger partial charge in [0.2, 0.25) is 0 Å². The van der Waals surface area contributed by atoms with Gasteiger partial charge in [-0.3, -0.25) is 9.48 Å². The molecule has 0 fully saturated rings. The highest BCUT2D eigenvalue weighted by atomic mass is 16.5. The van der Waals surface area contributed by atoms with Crippen LogP contribution in [0.15, 0.2) is 54.9 Å². The maximum absolute atomic E-state index is 13.3. The number of carbonyl (C=O) groups excluding carboxylic acids is 1. The zero-order valence-corrected chi connectivity index (χ0v) is 16.3. The van der Waals surface area contributed by atoms with E-state index in [4.69, 9.17) is 9.47 Å². The molecule has 0 saturated carbocycles. The molecular formula is C22H23N3O3. The number of aromatic nitrogens is 2. The second-order valence-corrected chi connectivity index (χ2v) is 6.95. The Balaban J connectivity index is 1.68. The number of fused-ring (bicyclic) bond motifs is 1. The highest BCUT2D eigenvalue weighted by Gasteiger charge is 2.30. The molecule has 6 heteroatoms. The molecule has 4 rings (SSSR count). The summed E-state index contributed by atoms with van der Waals surface area (Å²) in [5, 5.41) is 4.32. The van der Waals surface area contributed by atoms with Crippen LogP contribution in [0.3, 0.4) is 0 Å². The van der Waals surface area contributed by atoms with E-state index in [1.54, 1.807) is 37.1 Å². The van der Waals surface area contributed by atoms with Crippen molar-refractivity contribution >= 4 is 5.91 Å². The molecule has 2 aromatic carbocycles. The normalized spacial score (nSPS) is 15.8. The molecule has 0 spiro atoms. The van der Waals surface area contributed by atoms with Gasteiger partial charge < -0.3 is 14.4 Å². The van der Waals surface area contributed by atoms with Gasteiger partial charge in [0.05, 0.1) is 20.4 Å². The fourth-order valence-electron chi connectivity index (χ4n) is 3.82. The third kappa shape index (κ3) is 3.22. The Morgan fingerprint density at radius 1 is 1.11 bits per heavy atom. The Kier molecular flexibility index (Phi) is 4.77. The predicted octanol–water partition coefficient (Wildman–Crippen LogP) is 3.23. The largest absolute Gasteiger partial charge is 0.493 e. The van der Waals surface area contributed by atoms with E-state index in [9.17, 15) is 4.79 Å². The molecule has 2 heterocycles. The average Bonchev–Trinajstić information content (AvgIpc) is 3.17. The van der Waals surface area contributed by atoms with Gasteiger partial charge in [0.25, 0.3) is 5.91 Å². The van der Waals surface area contributed by atoms with Gasteiger partial charge in [-0.2, -0.15) is 5.10 Å². The standard InChI is InChI=1S/C22H23N3O3/c1-24-12-17(11-23-24)19-14-25(13-16-6-4-5-7-18(16)19)22(26)15-8-9-20(27-2)21(10-15)28-3/h4-12,19H,13-14H2,1-3H3. The van der Waals surface area contributed by atoms with E-state index in [1.807, 2.05) is 36.5 Å². The summed E-state index contributed by atoms with van der Waals surface area (Å²) in [6.07, 6.45) is 3.90. The Morgan fingerprint density at radius 3 is 2.61 bits per heavy atom. The summed E-state index contributed by atoms with van der Waals surface area (Å²) in [6.45, 7) is 1.19. The van der Waals surface area contributed by atoms with Crippen molar-refractivity contribution < 1.29 is 14.3 Å². The molecule has 0 aliphatic carbocycles. The summed E-state index contributed by atoms with van der Waals surface area (Å²) >= 11 is 0. The van der Waals surface area contributed by atoms with E-state index in [0.717, 1.165) is 11.1 Å². The van der Waals surface area contributed by atoms with Crippen LogP contribution >= 0.6 is 0 Å². The molecule has 1 amide bonds. The average molecular weight is 377 g/mol. The number of methoxy groups -OCH3 is 2. The lowest BCUT2D eigenvalue weighted by Gasteiger charge is -2.34. The predicted molar refractivity (Wildman–Crippen MR) is 106 cm³/mol. The zero-order valence-electron chi connectivity index (χ0n) is 16.3. The van der Waals surface area contributed by atoms with E-state index in [0.29, 0.717) is 30.2 Å². The van der Waals surface area contributed by atoms with Crippen molar-refractivity contribution in [2.45, 2.75) is 12.5 Å². The lowest BCUT2D eigenvalue weighted by Crippen LogP contribution is -2.38. The van der Waals surface area contributed by atoms with Crippen molar-refractivity contribution in [3.05, 3.63) is 77.1 Å². The van der Waals surface area contributed by atoms with Crippen LogP contribution < -0.4 is 9.47 Å². The minimum atomic E-state index is -0.0238. The van der Waals surface area contributed by atoms with Crippen LogP contribution in [0.2, 0.25) is 0 Å². The lowest BCUT2D eigenvalue weighted by atomic mass is 9.86. The molecule has 1 aliphatic rings. The number of rotatable bonds is 4.